The summed E-state index contributed by atoms with van der Waals surface area (Å²) in [5.74, 6) is -3.00. The predicted molar refractivity (Wildman–Crippen MR) is 110 cm³/mol. The standard InChI is InChI=1S/C20H19FN6O6/c1-10(9-33-2)25-7-12-17(19(25)30)26(8-15(28)23-14-4-3-11(21)6-22-14)16-5-13(20(31)32)24-27(16)18(12)29/h3-6,10H,7-9H2,1-2H3,(H,31,32)(H,22,23,28). The van der Waals surface area contributed by atoms with Gasteiger partial charge in [-0.3, -0.25) is 14.4 Å². The van der Waals surface area contributed by atoms with Gasteiger partial charge >= 0.3 is 5.97 Å². The van der Waals surface area contributed by atoms with Gasteiger partial charge < -0.3 is 24.6 Å². The molecule has 1 atom stereocenters. The summed E-state index contributed by atoms with van der Waals surface area (Å²) in [5.41, 5.74) is -1.04. The molecule has 4 rings (SSSR count). The molecular formula is C20H19FN6O6. The van der Waals surface area contributed by atoms with Crippen molar-refractivity contribution in [2.75, 3.05) is 19.0 Å². The van der Waals surface area contributed by atoms with Crippen molar-refractivity contribution in [3.05, 3.63) is 57.5 Å². The van der Waals surface area contributed by atoms with E-state index in [1.165, 1.54) is 22.6 Å². The first-order chi connectivity index (χ1) is 15.7. The van der Waals surface area contributed by atoms with Crippen molar-refractivity contribution in [2.45, 2.75) is 26.1 Å². The fraction of sp³-hybridized carbons (Fsp3) is 0.300. The zero-order valence-corrected chi connectivity index (χ0v) is 17.6. The lowest BCUT2D eigenvalue weighted by molar-refractivity contribution is -0.116. The predicted octanol–water partition coefficient (Wildman–Crippen LogP) is 0.358. The van der Waals surface area contributed by atoms with Crippen LogP contribution in [0.4, 0.5) is 10.2 Å². The maximum atomic E-state index is 13.2. The highest BCUT2D eigenvalue weighted by Crippen LogP contribution is 2.24. The number of pyridine rings is 1. The first-order valence-corrected chi connectivity index (χ1v) is 9.81. The lowest BCUT2D eigenvalue weighted by atomic mass is 10.2. The number of ether oxygens (including phenoxy) is 1. The van der Waals surface area contributed by atoms with Crippen LogP contribution < -0.4 is 10.9 Å². The molecule has 33 heavy (non-hydrogen) atoms. The van der Waals surface area contributed by atoms with Crippen LogP contribution in [-0.4, -0.2) is 66.7 Å². The lowest BCUT2D eigenvalue weighted by Crippen LogP contribution is -2.37. The molecular weight excluding hydrogens is 439 g/mol. The third-order valence-electron chi connectivity index (χ3n) is 5.22. The summed E-state index contributed by atoms with van der Waals surface area (Å²) in [4.78, 5) is 55.6. The molecule has 4 heterocycles. The zero-order valence-electron chi connectivity index (χ0n) is 17.6. The number of nitrogens with zero attached hydrogens (tertiary/aromatic N) is 5. The molecule has 0 bridgehead atoms. The van der Waals surface area contributed by atoms with Crippen molar-refractivity contribution in [1.82, 2.24) is 24.1 Å². The van der Waals surface area contributed by atoms with Gasteiger partial charge in [-0.25, -0.2) is 14.2 Å². The third kappa shape index (κ3) is 3.93. The van der Waals surface area contributed by atoms with Gasteiger partial charge in [-0.2, -0.15) is 9.61 Å². The van der Waals surface area contributed by atoms with Gasteiger partial charge in [0.1, 0.15) is 29.5 Å². The number of hydrogen-bond donors (Lipinski definition) is 2. The van der Waals surface area contributed by atoms with E-state index in [2.05, 4.69) is 15.4 Å². The summed E-state index contributed by atoms with van der Waals surface area (Å²) in [6.45, 7) is 1.48. The number of carbonyl (C=O) groups excluding carboxylic acids is 2. The number of carbonyl (C=O) groups is 3. The molecule has 0 saturated carbocycles. The molecule has 1 aliphatic heterocycles. The average Bonchev–Trinajstić information content (AvgIpc) is 3.36. The molecule has 0 saturated heterocycles. The van der Waals surface area contributed by atoms with Crippen LogP contribution in [0, 0.1) is 5.82 Å². The quantitative estimate of drug-likeness (QED) is 0.516. The molecule has 3 aromatic rings. The molecule has 0 radical (unpaired) electrons. The van der Waals surface area contributed by atoms with E-state index in [-0.39, 0.29) is 41.9 Å². The molecule has 0 aromatic carbocycles. The van der Waals surface area contributed by atoms with Crippen molar-refractivity contribution in [3.8, 4) is 0 Å². The number of nitrogens with one attached hydrogen (secondary N) is 1. The number of carboxylic acid groups (broad SMARTS) is 1. The van der Waals surface area contributed by atoms with Crippen LogP contribution in [0.25, 0.3) is 5.65 Å². The van der Waals surface area contributed by atoms with Crippen molar-refractivity contribution in [1.29, 1.82) is 0 Å². The molecule has 0 aliphatic carbocycles. The normalized spacial score (nSPS) is 13.9. The van der Waals surface area contributed by atoms with Gasteiger partial charge in [0.25, 0.3) is 11.5 Å². The smallest absolute Gasteiger partial charge is 0.356 e. The minimum absolute atomic E-state index is 0.0329. The van der Waals surface area contributed by atoms with Crippen LogP contribution in [0.5, 0.6) is 0 Å². The second-order valence-corrected chi connectivity index (χ2v) is 7.47. The Labute approximate surface area is 185 Å². The lowest BCUT2D eigenvalue weighted by Gasteiger charge is -2.23. The topological polar surface area (TPSA) is 148 Å². The fourth-order valence-corrected chi connectivity index (χ4v) is 3.71. The fourth-order valence-electron chi connectivity index (χ4n) is 3.71. The summed E-state index contributed by atoms with van der Waals surface area (Å²) >= 11 is 0. The van der Waals surface area contributed by atoms with Gasteiger partial charge in [0.2, 0.25) is 5.91 Å². The largest absolute Gasteiger partial charge is 0.476 e. The molecule has 3 aromatic heterocycles. The Morgan fingerprint density at radius 2 is 2.09 bits per heavy atom. The summed E-state index contributed by atoms with van der Waals surface area (Å²) in [5, 5.41) is 15.6. The van der Waals surface area contributed by atoms with Crippen molar-refractivity contribution >= 4 is 29.2 Å². The van der Waals surface area contributed by atoms with Crippen LogP contribution in [0.1, 0.15) is 33.5 Å². The van der Waals surface area contributed by atoms with E-state index < -0.39 is 41.4 Å². The SMILES string of the molecule is COCC(C)N1Cc2c(n(CC(=O)Nc3ccc(F)cn3)c3cc(C(=O)O)nn3c2=O)C1=O. The number of aromatic carboxylic acids is 1. The summed E-state index contributed by atoms with van der Waals surface area (Å²) in [6.07, 6.45) is 0.930. The maximum absolute atomic E-state index is 13.2. The van der Waals surface area contributed by atoms with Gasteiger partial charge in [-0.15, -0.1) is 0 Å². The van der Waals surface area contributed by atoms with Crippen LogP contribution in [0.2, 0.25) is 0 Å². The number of carboxylic acids is 1. The number of methoxy groups -OCH3 is 1. The van der Waals surface area contributed by atoms with Crippen LogP contribution in [-0.2, 0) is 22.6 Å². The summed E-state index contributed by atoms with van der Waals surface area (Å²) in [6, 6.07) is 3.13. The van der Waals surface area contributed by atoms with Gasteiger partial charge in [-0.1, -0.05) is 0 Å². The molecule has 2 amide bonds. The average molecular weight is 458 g/mol. The van der Waals surface area contributed by atoms with E-state index in [0.29, 0.717) is 0 Å². The van der Waals surface area contributed by atoms with E-state index in [1.807, 2.05) is 0 Å². The molecule has 0 fully saturated rings. The van der Waals surface area contributed by atoms with Crippen LogP contribution in [0.15, 0.2) is 29.2 Å². The van der Waals surface area contributed by atoms with Gasteiger partial charge in [0, 0.05) is 13.2 Å². The van der Waals surface area contributed by atoms with Crippen molar-refractivity contribution < 1.29 is 28.6 Å². The Balaban J connectivity index is 1.80. The first-order valence-electron chi connectivity index (χ1n) is 9.81. The monoisotopic (exact) mass is 458 g/mol. The zero-order chi connectivity index (χ0) is 23.9. The molecule has 172 valence electrons. The highest BCUT2D eigenvalue weighted by atomic mass is 19.1. The molecule has 1 unspecified atom stereocenters. The number of amides is 2. The first kappa shape index (κ1) is 22.1. The Hall–Kier alpha value is -4.13. The second-order valence-electron chi connectivity index (χ2n) is 7.47. The van der Waals surface area contributed by atoms with E-state index in [9.17, 15) is 28.7 Å². The van der Waals surface area contributed by atoms with E-state index >= 15 is 0 Å². The number of anilines is 1. The Kier molecular flexibility index (Phi) is 5.64. The molecule has 12 nitrogen and oxygen atoms in total. The van der Waals surface area contributed by atoms with Gasteiger partial charge in [-0.05, 0) is 19.1 Å². The van der Waals surface area contributed by atoms with E-state index in [1.54, 1.807) is 6.92 Å². The second kappa shape index (κ2) is 8.43. The molecule has 0 spiro atoms. The number of halogens is 1. The number of aromatic nitrogens is 4. The van der Waals surface area contributed by atoms with E-state index in [0.717, 1.165) is 22.8 Å². The summed E-state index contributed by atoms with van der Waals surface area (Å²) in [7, 11) is 1.48. The summed E-state index contributed by atoms with van der Waals surface area (Å²) < 4.78 is 20.3. The molecule has 13 heteroatoms. The third-order valence-corrected chi connectivity index (χ3v) is 5.22. The van der Waals surface area contributed by atoms with Crippen LogP contribution in [0.3, 0.4) is 0 Å². The van der Waals surface area contributed by atoms with Crippen molar-refractivity contribution in [2.24, 2.45) is 0 Å². The number of fused-ring (bicyclic) bond motifs is 2. The van der Waals surface area contributed by atoms with Crippen molar-refractivity contribution in [3.63, 3.8) is 0 Å². The number of hydrogen-bond acceptors (Lipinski definition) is 7. The number of rotatable bonds is 7. The Morgan fingerprint density at radius 1 is 1.33 bits per heavy atom. The van der Waals surface area contributed by atoms with Gasteiger partial charge in [0.05, 0.1) is 31.0 Å². The minimum Gasteiger partial charge on any atom is -0.476 e. The highest BCUT2D eigenvalue weighted by Gasteiger charge is 2.37. The Morgan fingerprint density at radius 3 is 2.73 bits per heavy atom. The van der Waals surface area contributed by atoms with E-state index in [4.69, 9.17) is 4.74 Å². The maximum Gasteiger partial charge on any atom is 0.356 e. The molecule has 1 aliphatic rings. The minimum atomic E-state index is -1.37. The van der Waals surface area contributed by atoms with Crippen LogP contribution >= 0.6 is 0 Å². The van der Waals surface area contributed by atoms with Gasteiger partial charge in [0.15, 0.2) is 5.69 Å². The molecule has 2 N–H and O–H groups in total. The highest BCUT2D eigenvalue weighted by molar-refractivity contribution is 5.99. The Bertz CT molecular complexity index is 1330.